The molecule has 0 atom stereocenters. The number of hydrogen-bond donors (Lipinski definition) is 0. The summed E-state index contributed by atoms with van der Waals surface area (Å²) >= 11 is 0. The van der Waals surface area contributed by atoms with Crippen LogP contribution in [0.1, 0.15) is 6.92 Å². The first-order valence-electron chi connectivity index (χ1n) is 7.74. The van der Waals surface area contributed by atoms with Crippen LogP contribution in [0.2, 0.25) is 0 Å². The zero-order chi connectivity index (χ0) is 24.9. The first-order valence-corrected chi connectivity index (χ1v) is 7.74. The zero-order valence-electron chi connectivity index (χ0n) is 17.2. The van der Waals surface area contributed by atoms with E-state index in [2.05, 4.69) is 43.1 Å². The van der Waals surface area contributed by atoms with Gasteiger partial charge in [0.1, 0.15) is 0 Å². The van der Waals surface area contributed by atoms with E-state index in [4.69, 9.17) is 29.8 Å². The molecule has 1 aromatic rings. The fraction of sp³-hybridized carbons (Fsp3) is 0.0417. The Bertz CT molecular complexity index is 684. The van der Waals surface area contributed by atoms with Crippen LogP contribution in [0.15, 0.2) is 29.3 Å². The normalized spacial score (nSPS) is 12.4. The summed E-state index contributed by atoms with van der Waals surface area (Å²) in [4.78, 5) is 7.92. The van der Waals surface area contributed by atoms with Crippen molar-refractivity contribution in [3.63, 3.8) is 0 Å². The molecule has 2 aliphatic carbocycles. The summed E-state index contributed by atoms with van der Waals surface area (Å²) in [5.74, 6) is 1.10. The van der Waals surface area contributed by atoms with E-state index < -0.39 is 0 Å². The minimum atomic E-state index is 0. The van der Waals surface area contributed by atoms with Gasteiger partial charge in [0.2, 0.25) is 5.69 Å². The maximum Gasteiger partial charge on any atom is 2.00 e. The molecular weight excluding hydrogens is 504 g/mol. The molecular formula is C24H16CrFeN2O5+2. The van der Waals surface area contributed by atoms with Crippen molar-refractivity contribution in [1.29, 1.82) is 0 Å². The van der Waals surface area contributed by atoms with Crippen molar-refractivity contribution in [2.24, 2.45) is 4.99 Å². The van der Waals surface area contributed by atoms with Gasteiger partial charge >= 0.3 is 73.6 Å². The molecule has 0 bridgehead atoms. The number of hydrogen-bond acceptors (Lipinski definition) is 1. The Labute approximate surface area is 218 Å². The summed E-state index contributed by atoms with van der Waals surface area (Å²) in [5, 5.41) is 0. The summed E-state index contributed by atoms with van der Waals surface area (Å²) in [7, 11) is 0. The molecule has 0 amide bonds. The molecule has 164 valence electrons. The number of rotatable bonds is 2. The van der Waals surface area contributed by atoms with Crippen LogP contribution in [0.25, 0.3) is 4.85 Å². The number of nitrogens with zero attached hydrogens (tertiary/aromatic N) is 2. The molecule has 3 rings (SSSR count). The summed E-state index contributed by atoms with van der Waals surface area (Å²) in [6.45, 7) is 31.5. The molecule has 0 unspecified atom stereocenters. The van der Waals surface area contributed by atoms with Crippen LogP contribution in [0.4, 0.5) is 11.4 Å². The van der Waals surface area contributed by atoms with Gasteiger partial charge in [-0.3, -0.25) is 4.99 Å². The van der Waals surface area contributed by atoms with Crippen LogP contribution in [0.5, 0.6) is 0 Å². The van der Waals surface area contributed by atoms with Gasteiger partial charge < -0.3 is 0 Å². The maximum atomic E-state index is 7.50. The van der Waals surface area contributed by atoms with E-state index in [1.807, 2.05) is 82.9 Å². The van der Waals surface area contributed by atoms with Crippen molar-refractivity contribution < 1.29 is 57.7 Å². The predicted molar refractivity (Wildman–Crippen MR) is 107 cm³/mol. The van der Waals surface area contributed by atoms with Crippen molar-refractivity contribution in [1.82, 2.24) is 0 Å². The standard InChI is InChI=1S/C14H11N2.C5H5.5CO.Cr.Fe/c1-11(12-7-3-4-8-12)16-14-10-6-5-9-13(14)15-2;1-2-4-5-3-1;5*1-2;;/h3-10H,1H3;1-5H;;;;;;;/q;;;;;;;;+2. The van der Waals surface area contributed by atoms with Crippen LogP contribution in [0.3, 0.4) is 0 Å². The van der Waals surface area contributed by atoms with Crippen molar-refractivity contribution in [3.8, 4) is 0 Å². The molecule has 0 aliphatic heterocycles. The molecule has 0 spiro atoms. The molecule has 0 N–H and O–H groups in total. The van der Waals surface area contributed by atoms with Gasteiger partial charge in [0.15, 0.2) is 0 Å². The van der Waals surface area contributed by atoms with E-state index in [9.17, 15) is 0 Å². The third kappa shape index (κ3) is 24.6. The van der Waals surface area contributed by atoms with E-state index in [0.29, 0.717) is 5.69 Å². The predicted octanol–water partition coefficient (Wildman–Crippen LogP) is 4.56. The quantitative estimate of drug-likeness (QED) is 0.235. The topological polar surface area (TPSA) is 116 Å². The largest absolute Gasteiger partial charge is 2.00 e. The third-order valence-corrected chi connectivity index (χ3v) is 2.93. The zero-order valence-corrected chi connectivity index (χ0v) is 19.6. The fourth-order valence-electron chi connectivity index (χ4n) is 1.83. The van der Waals surface area contributed by atoms with Crippen LogP contribution in [-0.4, -0.2) is 5.71 Å². The van der Waals surface area contributed by atoms with Crippen LogP contribution >= 0.6 is 0 Å². The molecule has 7 nitrogen and oxygen atoms in total. The van der Waals surface area contributed by atoms with Crippen molar-refractivity contribution in [2.75, 3.05) is 0 Å². The average molecular weight is 520 g/mol. The molecule has 9 heteroatoms. The van der Waals surface area contributed by atoms with Gasteiger partial charge in [0.05, 0.1) is 12.3 Å². The molecule has 2 aliphatic rings. The van der Waals surface area contributed by atoms with E-state index >= 15 is 0 Å². The van der Waals surface area contributed by atoms with Gasteiger partial charge in [-0.15, -0.1) is 0 Å². The van der Waals surface area contributed by atoms with Gasteiger partial charge in [-0.05, 0) is 70.8 Å². The number of para-hydroxylation sites is 2. The molecule has 1 aromatic carbocycles. The smallest absolute Gasteiger partial charge is 0.0312 e. The monoisotopic (exact) mass is 520 g/mol. The molecule has 2 saturated carbocycles. The summed E-state index contributed by atoms with van der Waals surface area (Å²) in [5.41, 5.74) is 2.26. The molecule has 10 radical (unpaired) electrons. The summed E-state index contributed by atoms with van der Waals surface area (Å²) in [6.07, 6.45) is 18.0. The fourth-order valence-corrected chi connectivity index (χ4v) is 1.83. The van der Waals surface area contributed by atoms with E-state index in [1.54, 1.807) is 6.07 Å². The van der Waals surface area contributed by atoms with Crippen LogP contribution < -0.4 is 0 Å². The second-order valence-electron chi connectivity index (χ2n) is 4.43. The van der Waals surface area contributed by atoms with E-state index in [0.717, 1.165) is 17.3 Å². The second-order valence-corrected chi connectivity index (χ2v) is 4.43. The maximum absolute atomic E-state index is 7.50. The molecule has 0 saturated heterocycles. The first-order chi connectivity index (χ1) is 15.3. The molecule has 0 heterocycles. The van der Waals surface area contributed by atoms with Crippen molar-refractivity contribution >= 4 is 17.1 Å². The number of benzene rings is 1. The first kappa shape index (κ1) is 44.8. The minimum absolute atomic E-state index is 0. The Morgan fingerprint density at radius 1 is 0.697 bits per heavy atom. The Hall–Kier alpha value is -1.87. The summed E-state index contributed by atoms with van der Waals surface area (Å²) < 4.78 is 37.5. The molecule has 0 aromatic heterocycles. The van der Waals surface area contributed by atoms with Crippen LogP contribution in [-0.2, 0) is 57.7 Å². The van der Waals surface area contributed by atoms with Crippen molar-refractivity contribution in [3.05, 3.63) is 133 Å². The Balaban J connectivity index is -0.0000000904. The molecule has 2 fully saturated rings. The van der Waals surface area contributed by atoms with Crippen LogP contribution in [0, 0.1) is 104 Å². The second kappa shape index (κ2) is 40.5. The SMILES string of the molecule is [C-]#[N+]c1ccccc1N=C(C)[C]1[CH][CH][CH][CH]1.[C-]#[O+].[C-]#[O+].[C-]#[O+].[C-]#[O+].[C-]#[O+].[CH]1[CH][CH][CH][CH]1.[Cr].[Fe+2]. The molecule has 33 heavy (non-hydrogen) atoms. The van der Waals surface area contributed by atoms with Gasteiger partial charge in [-0.2, -0.15) is 0 Å². The van der Waals surface area contributed by atoms with Gasteiger partial charge in [0.25, 0.3) is 0 Å². The van der Waals surface area contributed by atoms with Gasteiger partial charge in [0, 0.05) is 29.0 Å². The van der Waals surface area contributed by atoms with Crippen molar-refractivity contribution in [2.45, 2.75) is 6.92 Å². The Kier molecular flexibility index (Phi) is 54.9. The summed E-state index contributed by atoms with van der Waals surface area (Å²) in [6, 6.07) is 7.39. The Morgan fingerprint density at radius 3 is 1.42 bits per heavy atom. The Morgan fingerprint density at radius 2 is 1.06 bits per heavy atom. The van der Waals surface area contributed by atoms with E-state index in [1.165, 1.54) is 0 Å². The third-order valence-electron chi connectivity index (χ3n) is 2.93. The number of aliphatic imine (C=N–C) groups is 1. The van der Waals surface area contributed by atoms with Gasteiger partial charge in [-0.25, -0.2) is 4.85 Å². The average Bonchev–Trinajstić information content (AvgIpc) is 3.63. The minimum Gasteiger partial charge on any atom is -0.0312 e. The van der Waals surface area contributed by atoms with Gasteiger partial charge in [-0.1, -0.05) is 18.2 Å². The van der Waals surface area contributed by atoms with E-state index in [-0.39, 0.29) is 34.4 Å².